The van der Waals surface area contributed by atoms with Crippen molar-refractivity contribution in [2.75, 3.05) is 19.6 Å². The van der Waals surface area contributed by atoms with Crippen molar-refractivity contribution in [1.29, 1.82) is 0 Å². The number of nitrogens with zero attached hydrogens (tertiary/aromatic N) is 1. The molecule has 0 amide bonds. The minimum absolute atomic E-state index is 0.137. The molecular formula is C13H17IN2O2S. The molecule has 0 bridgehead atoms. The first-order valence-electron chi connectivity index (χ1n) is 6.57. The summed E-state index contributed by atoms with van der Waals surface area (Å²) in [4.78, 5) is 0.417. The summed E-state index contributed by atoms with van der Waals surface area (Å²) in [5.74, 6) is 0.479. The van der Waals surface area contributed by atoms with Crippen LogP contribution in [0.4, 0.5) is 0 Å². The number of nitrogens with one attached hydrogen (secondary N) is 1. The lowest BCUT2D eigenvalue weighted by Gasteiger charge is -2.35. The highest BCUT2D eigenvalue weighted by Crippen LogP contribution is 2.31. The largest absolute Gasteiger partial charge is 0.315 e. The molecule has 2 atom stereocenters. The smallest absolute Gasteiger partial charge is 0.243 e. The monoisotopic (exact) mass is 392 g/mol. The lowest BCUT2D eigenvalue weighted by molar-refractivity contribution is 0.217. The fourth-order valence-corrected chi connectivity index (χ4v) is 5.15. The number of piperidine rings is 1. The maximum Gasteiger partial charge on any atom is 0.243 e. The first-order chi connectivity index (χ1) is 9.09. The standard InChI is InChI=1S/C13H17IN2O2S/c14-11-3-5-12(6-4-11)19(17,18)16-7-1-2-10-8-15-9-13(10)16/h3-6,10,13,15H,1-2,7-9H2. The maximum absolute atomic E-state index is 12.7. The van der Waals surface area contributed by atoms with Gasteiger partial charge < -0.3 is 5.32 Å². The molecule has 1 aromatic rings. The molecule has 0 saturated carbocycles. The van der Waals surface area contributed by atoms with E-state index < -0.39 is 10.0 Å². The summed E-state index contributed by atoms with van der Waals surface area (Å²) in [6, 6.07) is 7.26. The summed E-state index contributed by atoms with van der Waals surface area (Å²) >= 11 is 2.19. The van der Waals surface area contributed by atoms with Crippen LogP contribution in [-0.4, -0.2) is 38.4 Å². The van der Waals surface area contributed by atoms with Crippen LogP contribution >= 0.6 is 22.6 Å². The summed E-state index contributed by atoms with van der Waals surface area (Å²) in [7, 11) is -3.34. The van der Waals surface area contributed by atoms with Gasteiger partial charge in [-0.1, -0.05) is 0 Å². The first kappa shape index (κ1) is 13.8. The molecule has 2 aliphatic rings. The van der Waals surface area contributed by atoms with Crippen LogP contribution in [0.5, 0.6) is 0 Å². The Morgan fingerprint density at radius 2 is 1.95 bits per heavy atom. The first-order valence-corrected chi connectivity index (χ1v) is 9.09. The molecule has 3 rings (SSSR count). The third-order valence-electron chi connectivity index (χ3n) is 4.05. The van der Waals surface area contributed by atoms with E-state index in [2.05, 4.69) is 27.9 Å². The van der Waals surface area contributed by atoms with Crippen molar-refractivity contribution in [2.24, 2.45) is 5.92 Å². The number of halogens is 1. The summed E-state index contributed by atoms with van der Waals surface area (Å²) in [5.41, 5.74) is 0. The normalized spacial score (nSPS) is 28.3. The van der Waals surface area contributed by atoms with Crippen LogP contribution < -0.4 is 5.32 Å². The van der Waals surface area contributed by atoms with Crippen LogP contribution in [-0.2, 0) is 10.0 Å². The molecule has 0 aromatic heterocycles. The number of hydrogen-bond donors (Lipinski definition) is 1. The number of hydrogen-bond acceptors (Lipinski definition) is 3. The minimum Gasteiger partial charge on any atom is -0.315 e. The Bertz CT molecular complexity index is 559. The Labute approximate surface area is 127 Å². The Morgan fingerprint density at radius 1 is 1.21 bits per heavy atom. The number of benzene rings is 1. The van der Waals surface area contributed by atoms with Gasteiger partial charge in [0.15, 0.2) is 0 Å². The zero-order chi connectivity index (χ0) is 13.5. The molecule has 0 radical (unpaired) electrons. The van der Waals surface area contributed by atoms with E-state index in [-0.39, 0.29) is 6.04 Å². The molecule has 2 saturated heterocycles. The van der Waals surface area contributed by atoms with Crippen LogP contribution in [0.3, 0.4) is 0 Å². The number of sulfonamides is 1. The maximum atomic E-state index is 12.7. The van der Waals surface area contributed by atoms with Gasteiger partial charge in [-0.2, -0.15) is 4.31 Å². The summed E-state index contributed by atoms with van der Waals surface area (Å²) in [6.45, 7) is 2.38. The van der Waals surface area contributed by atoms with E-state index in [0.717, 1.165) is 29.5 Å². The highest BCUT2D eigenvalue weighted by molar-refractivity contribution is 14.1. The third-order valence-corrected chi connectivity index (χ3v) is 6.71. The van der Waals surface area contributed by atoms with E-state index in [1.54, 1.807) is 16.4 Å². The van der Waals surface area contributed by atoms with Crippen molar-refractivity contribution in [3.05, 3.63) is 27.8 Å². The van der Waals surface area contributed by atoms with Crippen LogP contribution in [0.1, 0.15) is 12.8 Å². The lowest BCUT2D eigenvalue weighted by Crippen LogP contribution is -2.48. The second kappa shape index (κ2) is 5.31. The molecular weight excluding hydrogens is 375 g/mol. The van der Waals surface area contributed by atoms with E-state index in [0.29, 0.717) is 17.4 Å². The van der Waals surface area contributed by atoms with E-state index >= 15 is 0 Å². The molecule has 6 heteroatoms. The third kappa shape index (κ3) is 2.55. The minimum atomic E-state index is -3.34. The van der Waals surface area contributed by atoms with Crippen molar-refractivity contribution in [3.63, 3.8) is 0 Å². The van der Waals surface area contributed by atoms with Crippen LogP contribution in [0.25, 0.3) is 0 Å². The van der Waals surface area contributed by atoms with Gasteiger partial charge in [0.25, 0.3) is 0 Å². The van der Waals surface area contributed by atoms with Crippen LogP contribution in [0, 0.1) is 9.49 Å². The van der Waals surface area contributed by atoms with Gasteiger partial charge in [0.05, 0.1) is 4.90 Å². The Morgan fingerprint density at radius 3 is 2.68 bits per heavy atom. The van der Waals surface area contributed by atoms with Crippen molar-refractivity contribution in [1.82, 2.24) is 9.62 Å². The van der Waals surface area contributed by atoms with Gasteiger partial charge in [-0.25, -0.2) is 8.42 Å². The highest BCUT2D eigenvalue weighted by atomic mass is 127. The average molecular weight is 392 g/mol. The van der Waals surface area contributed by atoms with Gasteiger partial charge >= 0.3 is 0 Å². The van der Waals surface area contributed by atoms with E-state index in [4.69, 9.17) is 0 Å². The number of rotatable bonds is 2. The predicted octanol–water partition coefficient (Wildman–Crippen LogP) is 1.66. The van der Waals surface area contributed by atoms with Gasteiger partial charge in [-0.05, 0) is 72.2 Å². The zero-order valence-corrected chi connectivity index (χ0v) is 13.5. The summed E-state index contributed by atoms with van der Waals surface area (Å²) in [5, 5.41) is 3.32. The van der Waals surface area contributed by atoms with Crippen molar-refractivity contribution >= 4 is 32.6 Å². The lowest BCUT2D eigenvalue weighted by atomic mass is 9.94. The predicted molar refractivity (Wildman–Crippen MR) is 82.4 cm³/mol. The molecule has 1 aromatic carbocycles. The van der Waals surface area contributed by atoms with Crippen molar-refractivity contribution in [2.45, 2.75) is 23.8 Å². The van der Waals surface area contributed by atoms with Gasteiger partial charge in [0, 0.05) is 22.7 Å². The Kier molecular flexibility index (Phi) is 3.85. The van der Waals surface area contributed by atoms with Crippen molar-refractivity contribution < 1.29 is 8.42 Å². The topological polar surface area (TPSA) is 49.4 Å². The van der Waals surface area contributed by atoms with Gasteiger partial charge in [0.2, 0.25) is 10.0 Å². The summed E-state index contributed by atoms with van der Waals surface area (Å²) in [6.07, 6.45) is 2.10. The van der Waals surface area contributed by atoms with Crippen LogP contribution in [0.2, 0.25) is 0 Å². The van der Waals surface area contributed by atoms with Crippen LogP contribution in [0.15, 0.2) is 29.2 Å². The van der Waals surface area contributed by atoms with Gasteiger partial charge in [-0.15, -0.1) is 0 Å². The number of fused-ring (bicyclic) bond motifs is 1. The molecule has 0 spiro atoms. The fraction of sp³-hybridized carbons (Fsp3) is 0.538. The molecule has 2 aliphatic heterocycles. The molecule has 2 fully saturated rings. The fourth-order valence-electron chi connectivity index (χ4n) is 3.07. The van der Waals surface area contributed by atoms with Gasteiger partial charge in [-0.3, -0.25) is 0 Å². The summed E-state index contributed by atoms with van der Waals surface area (Å²) < 4.78 is 28.2. The quantitative estimate of drug-likeness (QED) is 0.780. The molecule has 1 N–H and O–H groups in total. The highest BCUT2D eigenvalue weighted by Gasteiger charge is 2.41. The van der Waals surface area contributed by atoms with Crippen molar-refractivity contribution in [3.8, 4) is 0 Å². The Balaban J connectivity index is 1.93. The SMILES string of the molecule is O=S(=O)(c1ccc(I)cc1)N1CCCC2CNCC21. The average Bonchev–Trinajstić information content (AvgIpc) is 2.87. The van der Waals surface area contributed by atoms with Gasteiger partial charge in [0.1, 0.15) is 0 Å². The van der Waals surface area contributed by atoms with E-state index in [1.807, 2.05) is 12.1 Å². The second-order valence-electron chi connectivity index (χ2n) is 5.20. The molecule has 4 nitrogen and oxygen atoms in total. The molecule has 104 valence electrons. The molecule has 2 heterocycles. The molecule has 19 heavy (non-hydrogen) atoms. The van der Waals surface area contributed by atoms with E-state index in [1.165, 1.54) is 0 Å². The van der Waals surface area contributed by atoms with E-state index in [9.17, 15) is 8.42 Å². The molecule has 2 unspecified atom stereocenters. The second-order valence-corrected chi connectivity index (χ2v) is 8.33. The Hall–Kier alpha value is -0.180. The zero-order valence-electron chi connectivity index (χ0n) is 10.5. The molecule has 0 aliphatic carbocycles.